The Bertz CT molecular complexity index is 902. The number of nitrogens with one attached hydrogen (secondary N) is 1. The molecule has 0 aromatic rings. The van der Waals surface area contributed by atoms with Crippen molar-refractivity contribution in [3.63, 3.8) is 0 Å². The maximum atomic E-state index is 12.7. The summed E-state index contributed by atoms with van der Waals surface area (Å²) in [5, 5.41) is 0. The third-order valence-corrected chi connectivity index (χ3v) is 10.8. The number of primary amides is 1. The average Bonchev–Trinajstić information content (AvgIpc) is 3.02. The van der Waals surface area contributed by atoms with Crippen LogP contribution in [0.4, 0.5) is 0 Å². The van der Waals surface area contributed by atoms with Crippen LogP contribution in [0.1, 0.15) is 20.3 Å². The smallest absolute Gasteiger partial charge is 0.253 e. The summed E-state index contributed by atoms with van der Waals surface area (Å²) < 4.78 is 56.6. The lowest BCUT2D eigenvalue weighted by atomic mass is 10.0. The first-order valence-corrected chi connectivity index (χ1v) is 11.8. The van der Waals surface area contributed by atoms with Gasteiger partial charge in [-0.3, -0.25) is 9.69 Å². The summed E-state index contributed by atoms with van der Waals surface area (Å²) in [5.74, 6) is -0.635. The number of nitrogens with two attached hydrogens (primary N) is 1. The van der Waals surface area contributed by atoms with Gasteiger partial charge < -0.3 is 10.5 Å². The number of hydrogen-bond donors (Lipinski definition) is 2. The number of thioether (sulfide) groups is 1. The van der Waals surface area contributed by atoms with Gasteiger partial charge in [-0.2, -0.15) is 4.72 Å². The van der Waals surface area contributed by atoms with Gasteiger partial charge in [-0.1, -0.05) is 11.8 Å². The van der Waals surface area contributed by atoms with Gasteiger partial charge >= 0.3 is 0 Å². The topological polar surface area (TPSA) is 136 Å². The van der Waals surface area contributed by atoms with Crippen LogP contribution in [0.15, 0.2) is 20.1 Å². The third-order valence-electron chi connectivity index (χ3n) is 4.61. The molecular formula is C14H21N3O6S3. The van der Waals surface area contributed by atoms with Crippen molar-refractivity contribution < 1.29 is 26.4 Å². The van der Waals surface area contributed by atoms with Crippen molar-refractivity contribution in [3.05, 3.63) is 20.1 Å². The molecule has 0 aromatic carbocycles. The van der Waals surface area contributed by atoms with Crippen LogP contribution < -0.4 is 10.5 Å². The van der Waals surface area contributed by atoms with E-state index < -0.39 is 40.9 Å². The molecule has 3 N–H and O–H groups in total. The minimum absolute atomic E-state index is 0.0829. The molecule has 0 saturated carbocycles. The van der Waals surface area contributed by atoms with E-state index in [2.05, 4.69) is 4.72 Å². The van der Waals surface area contributed by atoms with E-state index in [1.54, 1.807) is 13.8 Å². The zero-order valence-corrected chi connectivity index (χ0v) is 16.8. The van der Waals surface area contributed by atoms with Gasteiger partial charge in [0.2, 0.25) is 15.7 Å². The van der Waals surface area contributed by atoms with Crippen molar-refractivity contribution in [2.45, 2.75) is 31.2 Å². The lowest BCUT2D eigenvalue weighted by Crippen LogP contribution is -2.51. The molecule has 0 bridgehead atoms. The van der Waals surface area contributed by atoms with Gasteiger partial charge in [0.1, 0.15) is 8.98 Å². The van der Waals surface area contributed by atoms with E-state index in [0.29, 0.717) is 31.9 Å². The molecule has 2 atom stereocenters. The van der Waals surface area contributed by atoms with E-state index in [-0.39, 0.29) is 10.7 Å². The lowest BCUT2D eigenvalue weighted by molar-refractivity contribution is -0.119. The highest BCUT2D eigenvalue weighted by Crippen LogP contribution is 2.54. The normalized spacial score (nSPS) is 30.2. The minimum Gasteiger partial charge on any atom is -0.379 e. The first-order chi connectivity index (χ1) is 12.0. The van der Waals surface area contributed by atoms with Crippen LogP contribution in [0.2, 0.25) is 0 Å². The highest BCUT2D eigenvalue weighted by atomic mass is 32.3. The number of morpholine rings is 1. The second-order valence-electron chi connectivity index (χ2n) is 6.60. The van der Waals surface area contributed by atoms with Gasteiger partial charge in [0, 0.05) is 13.1 Å². The van der Waals surface area contributed by atoms with E-state index in [4.69, 9.17) is 10.5 Å². The molecule has 3 aliphatic rings. The molecule has 2 unspecified atom stereocenters. The number of amides is 1. The fraction of sp³-hybridized carbons (Fsp3) is 0.643. The zero-order chi connectivity index (χ0) is 19.3. The van der Waals surface area contributed by atoms with Crippen LogP contribution in [0.5, 0.6) is 0 Å². The van der Waals surface area contributed by atoms with E-state index in [9.17, 15) is 21.6 Å². The maximum Gasteiger partial charge on any atom is 0.253 e. The fourth-order valence-corrected chi connectivity index (χ4v) is 9.01. The highest BCUT2D eigenvalue weighted by molar-refractivity contribution is 8.26. The largest absolute Gasteiger partial charge is 0.379 e. The number of sulfonamides is 1. The number of ether oxygens (including phenoxy) is 1. The number of nitrogens with zero attached hydrogens (tertiary/aromatic N) is 1. The molecule has 3 rings (SSSR count). The molecule has 1 amide bonds. The Kier molecular flexibility index (Phi) is 5.04. The Morgan fingerprint density at radius 2 is 2.04 bits per heavy atom. The predicted molar refractivity (Wildman–Crippen MR) is 97.7 cm³/mol. The van der Waals surface area contributed by atoms with Crippen LogP contribution in [-0.4, -0.2) is 64.9 Å². The Balaban J connectivity index is 1.82. The summed E-state index contributed by atoms with van der Waals surface area (Å²) in [7, 11) is -8.45. The number of carbonyl (C=O) groups is 1. The van der Waals surface area contributed by atoms with Crippen LogP contribution in [-0.2, 0) is 29.4 Å². The third kappa shape index (κ3) is 3.34. The van der Waals surface area contributed by atoms with Gasteiger partial charge in [0.05, 0.1) is 19.4 Å². The lowest BCUT2D eigenvalue weighted by Gasteiger charge is -2.32. The van der Waals surface area contributed by atoms with Crippen molar-refractivity contribution in [1.82, 2.24) is 9.62 Å². The molecule has 3 heterocycles. The number of carbonyl (C=O) groups excluding carboxylic acids is 1. The summed E-state index contributed by atoms with van der Waals surface area (Å²) >= 11 is 0.811. The van der Waals surface area contributed by atoms with Gasteiger partial charge in [0.15, 0.2) is 4.24 Å². The van der Waals surface area contributed by atoms with Gasteiger partial charge in [-0.15, -0.1) is 0 Å². The van der Waals surface area contributed by atoms with Gasteiger partial charge in [-0.05, 0) is 31.9 Å². The molecule has 9 nitrogen and oxygen atoms in total. The Morgan fingerprint density at radius 3 is 2.58 bits per heavy atom. The molecule has 0 aromatic heterocycles. The van der Waals surface area contributed by atoms with Gasteiger partial charge in [0.25, 0.3) is 10.0 Å². The first-order valence-electron chi connectivity index (χ1n) is 8.00. The van der Waals surface area contributed by atoms with Gasteiger partial charge in [-0.25, -0.2) is 16.8 Å². The molecule has 1 saturated heterocycles. The van der Waals surface area contributed by atoms with Crippen LogP contribution in [0, 0.1) is 0 Å². The van der Waals surface area contributed by atoms with Crippen LogP contribution in [0.25, 0.3) is 0 Å². The van der Waals surface area contributed by atoms with Crippen LogP contribution >= 0.6 is 11.8 Å². The van der Waals surface area contributed by atoms with Crippen molar-refractivity contribution in [3.8, 4) is 0 Å². The zero-order valence-electron chi connectivity index (χ0n) is 14.4. The average molecular weight is 424 g/mol. The van der Waals surface area contributed by atoms with E-state index in [0.717, 1.165) is 17.8 Å². The molecule has 3 aliphatic heterocycles. The first kappa shape index (κ1) is 19.8. The molecule has 12 heteroatoms. The summed E-state index contributed by atoms with van der Waals surface area (Å²) in [4.78, 5) is 13.4. The second kappa shape index (κ2) is 6.60. The standard InChI is InChI=1S/C14H21N3O6S3/c1-9(17-3-5-23-6-4-17)16-26(21,22)11-7-10-8-14(2,13(15)18)24-12(10)25(11,19)20/h7,9,16H,3-6,8H2,1-2H3,(H2,15,18). The molecule has 0 spiro atoms. The predicted octanol–water partition coefficient (Wildman–Crippen LogP) is -0.554. The second-order valence-corrected chi connectivity index (χ2v) is 12.2. The molecular weight excluding hydrogens is 402 g/mol. The van der Waals surface area contributed by atoms with E-state index in [1.807, 2.05) is 4.90 Å². The quantitative estimate of drug-likeness (QED) is 0.601. The number of rotatable bonds is 5. The number of allylic oxidation sites excluding steroid dienone is 2. The summed E-state index contributed by atoms with van der Waals surface area (Å²) in [6.45, 7) is 5.30. The SMILES string of the molecule is CC(NS(=O)(=O)C1=CC2=C(SC(C)(C(N)=O)C2)S1(=O)=O)N1CCOCC1. The Hall–Kier alpha value is -0.920. The number of hydrogen-bond acceptors (Lipinski definition) is 8. The molecule has 146 valence electrons. The Morgan fingerprint density at radius 1 is 1.42 bits per heavy atom. The number of sulfone groups is 1. The summed E-state index contributed by atoms with van der Waals surface area (Å²) in [6.07, 6.45) is 0.652. The fourth-order valence-electron chi connectivity index (χ4n) is 3.07. The Labute approximate surface area is 157 Å². The monoisotopic (exact) mass is 423 g/mol. The van der Waals surface area contributed by atoms with Crippen molar-refractivity contribution in [2.75, 3.05) is 26.3 Å². The molecule has 0 radical (unpaired) electrons. The van der Waals surface area contributed by atoms with Crippen LogP contribution in [0.3, 0.4) is 0 Å². The molecule has 26 heavy (non-hydrogen) atoms. The van der Waals surface area contributed by atoms with Crippen molar-refractivity contribution >= 4 is 37.5 Å². The van der Waals surface area contributed by atoms with Crippen molar-refractivity contribution in [1.29, 1.82) is 0 Å². The van der Waals surface area contributed by atoms with E-state index >= 15 is 0 Å². The summed E-state index contributed by atoms with van der Waals surface area (Å²) in [5.41, 5.74) is 5.66. The summed E-state index contributed by atoms with van der Waals surface area (Å²) in [6, 6.07) is 0. The molecule has 1 fully saturated rings. The van der Waals surface area contributed by atoms with E-state index in [1.165, 1.54) is 0 Å². The maximum absolute atomic E-state index is 12.7. The minimum atomic E-state index is -4.25. The van der Waals surface area contributed by atoms with Crippen molar-refractivity contribution in [2.24, 2.45) is 5.73 Å². The highest BCUT2D eigenvalue weighted by Gasteiger charge is 2.51. The molecule has 0 aliphatic carbocycles.